The number of carbonyl (C=O) groups excluding carboxylic acids is 2. The monoisotopic (exact) mass is 458 g/mol. The molecule has 0 aliphatic carbocycles. The van der Waals surface area contributed by atoms with Crippen LogP contribution < -0.4 is 11.4 Å². The number of carbonyl (C=O) groups is 2. The van der Waals surface area contributed by atoms with Crippen LogP contribution in [0.1, 0.15) is 37.7 Å². The molecule has 3 aromatic rings. The zero-order valence-corrected chi connectivity index (χ0v) is 18.2. The van der Waals surface area contributed by atoms with Gasteiger partial charge in [-0.05, 0) is 57.2 Å². The minimum Gasteiger partial charge on any atom is -0.493 e. The van der Waals surface area contributed by atoms with Crippen LogP contribution in [0.25, 0.3) is 11.3 Å². The SMILES string of the molecule is CC(C)(C)OC(=O)C(N)CC(=O)n1c(O)cn(N=Cc2ccc(-c3ccc(F)cc3)o2)c1=O. The van der Waals surface area contributed by atoms with Gasteiger partial charge in [-0.25, -0.2) is 9.18 Å². The fourth-order valence-electron chi connectivity index (χ4n) is 2.79. The second kappa shape index (κ2) is 9.25. The molecule has 174 valence electrons. The number of halogens is 1. The van der Waals surface area contributed by atoms with E-state index in [4.69, 9.17) is 14.9 Å². The van der Waals surface area contributed by atoms with Gasteiger partial charge in [0, 0.05) is 5.56 Å². The number of nitrogens with two attached hydrogens (primary N) is 1. The van der Waals surface area contributed by atoms with E-state index in [1.54, 1.807) is 45.0 Å². The first-order chi connectivity index (χ1) is 15.4. The molecule has 11 heteroatoms. The summed E-state index contributed by atoms with van der Waals surface area (Å²) in [6.45, 7) is 4.95. The topological polar surface area (TPSA) is 142 Å². The van der Waals surface area contributed by atoms with Crippen LogP contribution in [0.2, 0.25) is 0 Å². The predicted octanol–water partition coefficient (Wildman–Crippen LogP) is 2.34. The maximum atomic E-state index is 13.1. The first-order valence-corrected chi connectivity index (χ1v) is 9.90. The van der Waals surface area contributed by atoms with Gasteiger partial charge >= 0.3 is 11.7 Å². The van der Waals surface area contributed by atoms with E-state index < -0.39 is 41.5 Å². The van der Waals surface area contributed by atoms with Crippen molar-refractivity contribution < 1.29 is 28.2 Å². The van der Waals surface area contributed by atoms with Crippen molar-refractivity contribution in [2.45, 2.75) is 38.8 Å². The molecule has 10 nitrogen and oxygen atoms in total. The van der Waals surface area contributed by atoms with Gasteiger partial charge in [-0.3, -0.25) is 9.59 Å². The molecule has 1 aromatic carbocycles. The summed E-state index contributed by atoms with van der Waals surface area (Å²) in [4.78, 5) is 36.9. The Labute approximate surface area is 187 Å². The summed E-state index contributed by atoms with van der Waals surface area (Å²) in [6.07, 6.45) is 1.57. The molecule has 0 fully saturated rings. The molecular weight excluding hydrogens is 435 g/mol. The number of hydrogen-bond donors (Lipinski definition) is 2. The van der Waals surface area contributed by atoms with Gasteiger partial charge in [0.25, 0.3) is 0 Å². The normalized spacial score (nSPS) is 12.8. The second-order valence-electron chi connectivity index (χ2n) is 8.14. The molecule has 0 amide bonds. The average Bonchev–Trinajstić information content (AvgIpc) is 3.29. The fourth-order valence-corrected chi connectivity index (χ4v) is 2.79. The lowest BCUT2D eigenvalue weighted by Crippen LogP contribution is -2.40. The molecule has 0 aliphatic rings. The van der Waals surface area contributed by atoms with Crippen molar-refractivity contribution in [3.63, 3.8) is 0 Å². The van der Waals surface area contributed by atoms with Crippen molar-refractivity contribution in [3.8, 4) is 17.2 Å². The minimum atomic E-state index is -1.32. The standard InChI is InChI=1S/C22H23FN4O6/c1-22(2,3)33-20(30)16(24)10-18(28)27-19(29)12-26(21(27)31)25-11-15-8-9-17(32-15)13-4-6-14(23)7-5-13/h4-9,11-12,16,29H,10,24H2,1-3H3. The van der Waals surface area contributed by atoms with Gasteiger partial charge in [-0.2, -0.15) is 14.3 Å². The molecule has 0 bridgehead atoms. The Bertz CT molecular complexity index is 1250. The molecule has 33 heavy (non-hydrogen) atoms. The van der Waals surface area contributed by atoms with Crippen LogP contribution in [0.5, 0.6) is 5.88 Å². The third-order valence-electron chi connectivity index (χ3n) is 4.27. The van der Waals surface area contributed by atoms with E-state index in [-0.39, 0.29) is 11.6 Å². The van der Waals surface area contributed by atoms with E-state index in [1.807, 2.05) is 0 Å². The third-order valence-corrected chi connectivity index (χ3v) is 4.27. The number of nitrogens with zero attached hydrogens (tertiary/aromatic N) is 3. The predicted molar refractivity (Wildman–Crippen MR) is 117 cm³/mol. The van der Waals surface area contributed by atoms with Crippen LogP contribution in [0.4, 0.5) is 4.39 Å². The summed E-state index contributed by atoms with van der Waals surface area (Å²) in [6, 6.07) is 7.58. The third kappa shape index (κ3) is 5.83. The average molecular weight is 458 g/mol. The number of hydrogen-bond acceptors (Lipinski definition) is 8. The van der Waals surface area contributed by atoms with E-state index in [0.717, 1.165) is 10.9 Å². The van der Waals surface area contributed by atoms with Gasteiger partial charge in [0.05, 0.1) is 18.8 Å². The number of aromatic hydroxyl groups is 1. The van der Waals surface area contributed by atoms with E-state index in [9.17, 15) is 23.9 Å². The largest absolute Gasteiger partial charge is 0.493 e. The summed E-state index contributed by atoms with van der Waals surface area (Å²) in [7, 11) is 0. The summed E-state index contributed by atoms with van der Waals surface area (Å²) in [5.41, 5.74) is 4.59. The van der Waals surface area contributed by atoms with E-state index in [0.29, 0.717) is 15.9 Å². The number of ether oxygens (including phenoxy) is 1. The first-order valence-electron chi connectivity index (χ1n) is 9.90. The Hall–Kier alpha value is -3.99. The van der Waals surface area contributed by atoms with Crippen LogP contribution in [0.15, 0.2) is 56.9 Å². The maximum Gasteiger partial charge on any atom is 0.358 e. The molecule has 0 saturated heterocycles. The van der Waals surface area contributed by atoms with Gasteiger partial charge in [0.1, 0.15) is 29.0 Å². The van der Waals surface area contributed by atoms with Crippen molar-refractivity contribution in [1.82, 2.24) is 9.24 Å². The number of aromatic nitrogens is 2. The second-order valence-corrected chi connectivity index (χ2v) is 8.14. The van der Waals surface area contributed by atoms with Crippen molar-refractivity contribution >= 4 is 18.1 Å². The zero-order chi connectivity index (χ0) is 24.3. The Kier molecular flexibility index (Phi) is 6.63. The highest BCUT2D eigenvalue weighted by molar-refractivity contribution is 5.87. The molecule has 0 aliphatic heterocycles. The molecule has 1 unspecified atom stereocenters. The number of esters is 1. The molecule has 3 N–H and O–H groups in total. The molecular formula is C22H23FN4O6. The Morgan fingerprint density at radius 3 is 2.55 bits per heavy atom. The summed E-state index contributed by atoms with van der Waals surface area (Å²) in [5, 5.41) is 13.9. The highest BCUT2D eigenvalue weighted by Gasteiger charge is 2.27. The molecule has 3 rings (SSSR count). The Balaban J connectivity index is 1.73. The molecule has 0 saturated carbocycles. The lowest BCUT2D eigenvalue weighted by atomic mass is 10.1. The summed E-state index contributed by atoms with van der Waals surface area (Å²) < 4.78 is 24.9. The number of furan rings is 1. The van der Waals surface area contributed by atoms with E-state index in [1.165, 1.54) is 18.3 Å². The van der Waals surface area contributed by atoms with E-state index >= 15 is 0 Å². The molecule has 1 atom stereocenters. The first kappa shape index (κ1) is 23.7. The van der Waals surface area contributed by atoms with E-state index in [2.05, 4.69) is 5.10 Å². The number of imidazole rings is 1. The number of benzene rings is 1. The fraction of sp³-hybridized carbons (Fsp3) is 0.273. The van der Waals surface area contributed by atoms with Gasteiger partial charge in [0.15, 0.2) is 0 Å². The molecule has 0 spiro atoms. The van der Waals surface area contributed by atoms with Crippen LogP contribution in [-0.2, 0) is 9.53 Å². The molecule has 2 aromatic heterocycles. The minimum absolute atomic E-state index is 0.270. The van der Waals surface area contributed by atoms with Crippen molar-refractivity contribution in [2.24, 2.45) is 10.8 Å². The summed E-state index contributed by atoms with van der Waals surface area (Å²) >= 11 is 0. The lowest BCUT2D eigenvalue weighted by Gasteiger charge is -2.21. The van der Waals surface area contributed by atoms with Crippen molar-refractivity contribution in [1.29, 1.82) is 0 Å². The Morgan fingerprint density at radius 2 is 1.91 bits per heavy atom. The van der Waals surface area contributed by atoms with Crippen LogP contribution in [0, 0.1) is 5.82 Å². The van der Waals surface area contributed by atoms with Crippen molar-refractivity contribution in [2.75, 3.05) is 0 Å². The van der Waals surface area contributed by atoms with Crippen LogP contribution >= 0.6 is 0 Å². The Morgan fingerprint density at radius 1 is 1.24 bits per heavy atom. The van der Waals surface area contributed by atoms with Gasteiger partial charge in [-0.15, -0.1) is 0 Å². The van der Waals surface area contributed by atoms with Crippen LogP contribution in [0.3, 0.4) is 0 Å². The zero-order valence-electron chi connectivity index (χ0n) is 18.2. The van der Waals surface area contributed by atoms with Crippen molar-refractivity contribution in [3.05, 3.63) is 64.7 Å². The van der Waals surface area contributed by atoms with Gasteiger partial charge < -0.3 is 20.0 Å². The molecule has 0 radical (unpaired) electrons. The van der Waals surface area contributed by atoms with Gasteiger partial charge in [0.2, 0.25) is 11.8 Å². The van der Waals surface area contributed by atoms with Gasteiger partial charge in [-0.1, -0.05) is 0 Å². The molecule has 2 heterocycles. The smallest absolute Gasteiger partial charge is 0.358 e. The highest BCUT2D eigenvalue weighted by Crippen LogP contribution is 2.21. The number of rotatable bonds is 6. The highest BCUT2D eigenvalue weighted by atomic mass is 19.1. The summed E-state index contributed by atoms with van der Waals surface area (Å²) in [5.74, 6) is -2.04. The quantitative estimate of drug-likeness (QED) is 0.426. The lowest BCUT2D eigenvalue weighted by molar-refractivity contribution is -0.156. The van der Waals surface area contributed by atoms with Crippen LogP contribution in [-0.4, -0.2) is 44.1 Å². The maximum absolute atomic E-state index is 13.1.